The summed E-state index contributed by atoms with van der Waals surface area (Å²) in [6.07, 6.45) is 3.06. The molecule has 0 amide bonds. The fraction of sp³-hybridized carbons (Fsp3) is 0.143. The van der Waals surface area contributed by atoms with Crippen molar-refractivity contribution in [2.75, 3.05) is 5.32 Å². The second-order valence-electron chi connectivity index (χ2n) is 4.24. The predicted octanol–water partition coefficient (Wildman–Crippen LogP) is 1.66. The molecule has 0 saturated carbocycles. The lowest BCUT2D eigenvalue weighted by Gasteiger charge is -2.06. The molecule has 2 aromatic rings. The van der Waals surface area contributed by atoms with Crippen LogP contribution in [0, 0.1) is 0 Å². The van der Waals surface area contributed by atoms with E-state index in [4.69, 9.17) is 10.2 Å². The second-order valence-corrected chi connectivity index (χ2v) is 4.24. The van der Waals surface area contributed by atoms with Gasteiger partial charge in [-0.1, -0.05) is 13.0 Å². The van der Waals surface area contributed by atoms with Crippen molar-refractivity contribution in [3.05, 3.63) is 41.9 Å². The summed E-state index contributed by atoms with van der Waals surface area (Å²) in [5.74, 6) is -2.69. The molecule has 1 aromatic heterocycles. The van der Waals surface area contributed by atoms with E-state index in [1.165, 1.54) is 6.33 Å². The number of carbonyl (C=O) groups is 2. The van der Waals surface area contributed by atoms with E-state index >= 15 is 0 Å². The Hall–Kier alpha value is -2.96. The van der Waals surface area contributed by atoms with Gasteiger partial charge in [0, 0.05) is 11.6 Å². The van der Waals surface area contributed by atoms with Gasteiger partial charge >= 0.3 is 11.9 Å². The maximum atomic E-state index is 10.8. The number of aliphatic carboxylic acids is 2. The Kier molecular flexibility index (Phi) is 4.13. The SMILES string of the molecule is CCc1ccc2ncnc(NC=C(C(=O)O)C(=O)O)c2c1. The van der Waals surface area contributed by atoms with E-state index in [2.05, 4.69) is 15.3 Å². The number of aryl methyl sites for hydroxylation is 1. The van der Waals surface area contributed by atoms with Gasteiger partial charge in [0.25, 0.3) is 0 Å². The molecule has 0 unspecified atom stereocenters. The van der Waals surface area contributed by atoms with Crippen LogP contribution < -0.4 is 5.32 Å². The first-order valence-corrected chi connectivity index (χ1v) is 6.20. The number of fused-ring (bicyclic) bond motifs is 1. The summed E-state index contributed by atoms with van der Waals surface area (Å²) in [4.78, 5) is 29.7. The molecule has 108 valence electrons. The van der Waals surface area contributed by atoms with E-state index < -0.39 is 17.5 Å². The van der Waals surface area contributed by atoms with Crippen molar-refractivity contribution in [2.45, 2.75) is 13.3 Å². The van der Waals surface area contributed by atoms with Crippen LogP contribution >= 0.6 is 0 Å². The highest BCUT2D eigenvalue weighted by Gasteiger charge is 2.16. The third-order valence-electron chi connectivity index (χ3n) is 2.92. The van der Waals surface area contributed by atoms with Gasteiger partial charge in [-0.15, -0.1) is 0 Å². The molecule has 0 aliphatic rings. The lowest BCUT2D eigenvalue weighted by Crippen LogP contribution is -2.13. The number of carboxylic acids is 2. The van der Waals surface area contributed by atoms with Crippen molar-refractivity contribution < 1.29 is 19.8 Å². The molecule has 0 fully saturated rings. The van der Waals surface area contributed by atoms with E-state index in [1.54, 1.807) is 0 Å². The molecular weight excluding hydrogens is 274 g/mol. The molecule has 7 nitrogen and oxygen atoms in total. The summed E-state index contributed by atoms with van der Waals surface area (Å²) in [6.45, 7) is 2.00. The minimum atomic E-state index is -1.53. The zero-order chi connectivity index (χ0) is 15.4. The topological polar surface area (TPSA) is 112 Å². The number of aromatic nitrogens is 2. The lowest BCUT2D eigenvalue weighted by atomic mass is 10.1. The van der Waals surface area contributed by atoms with Crippen LogP contribution in [0.25, 0.3) is 10.9 Å². The van der Waals surface area contributed by atoms with Crippen LogP contribution in [0.5, 0.6) is 0 Å². The first-order valence-electron chi connectivity index (χ1n) is 6.20. The van der Waals surface area contributed by atoms with Gasteiger partial charge in [-0.25, -0.2) is 19.6 Å². The first kappa shape index (κ1) is 14.4. The average molecular weight is 287 g/mol. The van der Waals surface area contributed by atoms with Crippen LogP contribution in [0.4, 0.5) is 5.82 Å². The molecule has 0 aliphatic heterocycles. The minimum Gasteiger partial charge on any atom is -0.477 e. The first-order chi connectivity index (χ1) is 10.0. The molecule has 1 aromatic carbocycles. The van der Waals surface area contributed by atoms with Crippen molar-refractivity contribution in [3.63, 3.8) is 0 Å². The van der Waals surface area contributed by atoms with Gasteiger partial charge in [-0.05, 0) is 24.1 Å². The molecule has 0 bridgehead atoms. The molecular formula is C14H13N3O4. The van der Waals surface area contributed by atoms with E-state index in [0.717, 1.165) is 18.2 Å². The molecule has 21 heavy (non-hydrogen) atoms. The Morgan fingerprint density at radius 1 is 1.24 bits per heavy atom. The molecule has 0 saturated heterocycles. The van der Waals surface area contributed by atoms with Gasteiger partial charge in [0.2, 0.25) is 0 Å². The van der Waals surface area contributed by atoms with E-state index in [-0.39, 0.29) is 0 Å². The summed E-state index contributed by atoms with van der Waals surface area (Å²) in [5.41, 5.74) is 0.986. The number of benzene rings is 1. The Balaban J connectivity index is 2.44. The summed E-state index contributed by atoms with van der Waals surface area (Å²) in [6, 6.07) is 5.65. The number of hydrogen-bond acceptors (Lipinski definition) is 5. The summed E-state index contributed by atoms with van der Waals surface area (Å²) < 4.78 is 0. The molecule has 0 atom stereocenters. The van der Waals surface area contributed by atoms with Crippen LogP contribution in [0.2, 0.25) is 0 Å². The number of nitrogens with zero attached hydrogens (tertiary/aromatic N) is 2. The average Bonchev–Trinajstić information content (AvgIpc) is 2.46. The van der Waals surface area contributed by atoms with Crippen molar-refractivity contribution in [1.82, 2.24) is 9.97 Å². The van der Waals surface area contributed by atoms with Crippen LogP contribution in [0.3, 0.4) is 0 Å². The summed E-state index contributed by atoms with van der Waals surface area (Å²) in [5, 5.41) is 20.9. The normalized spacial score (nSPS) is 10.1. The van der Waals surface area contributed by atoms with Gasteiger partial charge in [-0.2, -0.15) is 0 Å². The number of anilines is 1. The highest BCUT2D eigenvalue weighted by molar-refractivity contribution is 6.12. The monoisotopic (exact) mass is 287 g/mol. The van der Waals surface area contributed by atoms with Gasteiger partial charge in [0.1, 0.15) is 12.1 Å². The van der Waals surface area contributed by atoms with Crippen LogP contribution in [-0.2, 0) is 16.0 Å². The van der Waals surface area contributed by atoms with Gasteiger partial charge in [-0.3, -0.25) is 0 Å². The van der Waals surface area contributed by atoms with Crippen LogP contribution in [0.1, 0.15) is 12.5 Å². The summed E-state index contributed by atoms with van der Waals surface area (Å²) >= 11 is 0. The summed E-state index contributed by atoms with van der Waals surface area (Å²) in [7, 11) is 0. The van der Waals surface area contributed by atoms with Gasteiger partial charge < -0.3 is 15.5 Å². The lowest BCUT2D eigenvalue weighted by molar-refractivity contribution is -0.140. The predicted molar refractivity (Wildman–Crippen MR) is 75.9 cm³/mol. The van der Waals surface area contributed by atoms with Crippen LogP contribution in [0.15, 0.2) is 36.3 Å². The minimum absolute atomic E-state index is 0.357. The zero-order valence-electron chi connectivity index (χ0n) is 11.2. The quantitative estimate of drug-likeness (QED) is 0.435. The zero-order valence-corrected chi connectivity index (χ0v) is 11.2. The third kappa shape index (κ3) is 3.14. The molecule has 2 rings (SSSR count). The molecule has 1 heterocycles. The van der Waals surface area contributed by atoms with Crippen molar-refractivity contribution in [3.8, 4) is 0 Å². The highest BCUT2D eigenvalue weighted by atomic mass is 16.4. The number of carboxylic acid groups (broad SMARTS) is 2. The molecule has 0 radical (unpaired) electrons. The largest absolute Gasteiger partial charge is 0.477 e. The number of nitrogens with one attached hydrogen (secondary N) is 1. The number of rotatable bonds is 5. The van der Waals surface area contributed by atoms with E-state index in [9.17, 15) is 9.59 Å². The van der Waals surface area contributed by atoms with Crippen molar-refractivity contribution >= 4 is 28.7 Å². The molecule has 0 aliphatic carbocycles. The Bertz CT molecular complexity index is 724. The smallest absolute Gasteiger partial charge is 0.344 e. The van der Waals surface area contributed by atoms with Gasteiger partial charge in [0.05, 0.1) is 5.52 Å². The van der Waals surface area contributed by atoms with E-state index in [0.29, 0.717) is 16.7 Å². The van der Waals surface area contributed by atoms with E-state index in [1.807, 2.05) is 25.1 Å². The van der Waals surface area contributed by atoms with Gasteiger partial charge in [0.15, 0.2) is 5.57 Å². The molecule has 3 N–H and O–H groups in total. The Labute approximate surface area is 120 Å². The third-order valence-corrected chi connectivity index (χ3v) is 2.92. The van der Waals surface area contributed by atoms with Crippen molar-refractivity contribution in [2.24, 2.45) is 0 Å². The molecule has 7 heteroatoms. The van der Waals surface area contributed by atoms with Crippen LogP contribution in [-0.4, -0.2) is 32.1 Å². The maximum absolute atomic E-state index is 10.8. The Morgan fingerprint density at radius 2 is 1.95 bits per heavy atom. The highest BCUT2D eigenvalue weighted by Crippen LogP contribution is 2.21. The standard InChI is InChI=1S/C14H13N3O4/c1-2-8-3-4-11-9(5-8)12(17-7-16-11)15-6-10(13(18)19)14(20)21/h3-7H,2H2,1H3,(H,18,19)(H,20,21)(H,15,16,17). The fourth-order valence-corrected chi connectivity index (χ4v) is 1.79. The van der Waals surface area contributed by atoms with Crippen molar-refractivity contribution in [1.29, 1.82) is 0 Å². The Morgan fingerprint density at radius 3 is 2.57 bits per heavy atom. The fourth-order valence-electron chi connectivity index (χ4n) is 1.79. The second kappa shape index (κ2) is 6.00. The maximum Gasteiger partial charge on any atom is 0.344 e. The molecule has 0 spiro atoms. The number of hydrogen-bond donors (Lipinski definition) is 3.